The van der Waals surface area contributed by atoms with E-state index in [-0.39, 0.29) is 13.2 Å². The first-order valence-corrected chi connectivity index (χ1v) is 9.63. The molecular weight excluding hydrogens is 388 g/mol. The lowest BCUT2D eigenvalue weighted by molar-refractivity contribution is 0.0936. The molecule has 0 unspecified atom stereocenters. The van der Waals surface area contributed by atoms with Crippen LogP contribution < -0.4 is 4.90 Å². The van der Waals surface area contributed by atoms with Crippen LogP contribution in [0.25, 0.3) is 11.1 Å². The molecule has 0 fully saturated rings. The molecule has 8 heteroatoms. The van der Waals surface area contributed by atoms with Gasteiger partial charge in [0.1, 0.15) is 12.1 Å². The zero-order chi connectivity index (χ0) is 21.3. The van der Waals surface area contributed by atoms with E-state index in [1.54, 1.807) is 25.1 Å². The van der Waals surface area contributed by atoms with Crippen molar-refractivity contribution in [1.29, 1.82) is 0 Å². The van der Waals surface area contributed by atoms with E-state index in [4.69, 9.17) is 18.6 Å². The number of ether oxygens (including phenoxy) is 3. The van der Waals surface area contributed by atoms with E-state index in [0.29, 0.717) is 31.0 Å². The molecule has 30 heavy (non-hydrogen) atoms. The summed E-state index contributed by atoms with van der Waals surface area (Å²) in [5, 5.41) is 0. The fourth-order valence-corrected chi connectivity index (χ4v) is 2.85. The Labute approximate surface area is 174 Å². The molecule has 0 spiro atoms. The highest BCUT2D eigenvalue weighted by Gasteiger charge is 2.27. The predicted octanol–water partition coefficient (Wildman–Crippen LogP) is 4.84. The number of anilines is 1. The zero-order valence-electron chi connectivity index (χ0n) is 17.0. The Hall–Kier alpha value is -3.39. The minimum atomic E-state index is -0.795. The number of hydrogen-bond acceptors (Lipinski definition) is 7. The van der Waals surface area contributed by atoms with Crippen LogP contribution in [0.5, 0.6) is 0 Å². The number of hydrogen-bond donors (Lipinski definition) is 0. The minimum absolute atomic E-state index is 0.157. The first-order valence-electron chi connectivity index (χ1n) is 9.63. The van der Waals surface area contributed by atoms with E-state index >= 15 is 0 Å². The Morgan fingerprint density at radius 3 is 2.50 bits per heavy atom. The van der Waals surface area contributed by atoms with Gasteiger partial charge in [0.25, 0.3) is 0 Å². The maximum absolute atomic E-state index is 12.4. The Morgan fingerprint density at radius 1 is 1.00 bits per heavy atom. The number of unbranched alkanes of at least 4 members (excludes halogenated alkanes) is 1. The van der Waals surface area contributed by atoms with Crippen LogP contribution in [0.1, 0.15) is 24.3 Å². The van der Waals surface area contributed by atoms with E-state index in [2.05, 4.69) is 4.98 Å². The molecule has 0 aliphatic heterocycles. The molecule has 0 N–H and O–H groups in total. The second kappa shape index (κ2) is 10.4. The van der Waals surface area contributed by atoms with Gasteiger partial charge in [0.15, 0.2) is 5.58 Å². The van der Waals surface area contributed by atoms with Crippen LogP contribution in [0.3, 0.4) is 0 Å². The molecule has 8 nitrogen and oxygen atoms in total. The summed E-state index contributed by atoms with van der Waals surface area (Å²) in [5.41, 5.74) is 2.71. The average molecular weight is 412 g/mol. The van der Waals surface area contributed by atoms with E-state index in [1.165, 1.54) is 7.11 Å². The van der Waals surface area contributed by atoms with Crippen molar-refractivity contribution in [2.24, 2.45) is 0 Å². The number of nitrogens with zero attached hydrogens (tertiary/aromatic N) is 2. The molecule has 0 saturated carbocycles. The van der Waals surface area contributed by atoms with Gasteiger partial charge in [0.05, 0.1) is 19.4 Å². The predicted molar refractivity (Wildman–Crippen MR) is 110 cm³/mol. The van der Waals surface area contributed by atoms with Gasteiger partial charge in [-0.3, -0.25) is 0 Å². The lowest BCUT2D eigenvalue weighted by atomic mass is 10.2. The third kappa shape index (κ3) is 5.36. The van der Waals surface area contributed by atoms with Crippen molar-refractivity contribution in [3.63, 3.8) is 0 Å². The normalized spacial score (nSPS) is 10.7. The van der Waals surface area contributed by atoms with Gasteiger partial charge in [0.2, 0.25) is 5.89 Å². The van der Waals surface area contributed by atoms with Crippen LogP contribution >= 0.6 is 0 Å². The Morgan fingerprint density at radius 2 is 1.73 bits per heavy atom. The summed E-state index contributed by atoms with van der Waals surface area (Å²) in [6, 6.07) is 14.5. The van der Waals surface area contributed by atoms with Crippen LogP contribution in [-0.4, -0.2) is 37.5 Å². The Bertz CT molecular complexity index is 967. The average Bonchev–Trinajstić information content (AvgIpc) is 3.17. The molecule has 158 valence electrons. The Balaban J connectivity index is 1.40. The van der Waals surface area contributed by atoms with Gasteiger partial charge >= 0.3 is 12.2 Å². The molecule has 0 saturated heterocycles. The first kappa shape index (κ1) is 21.3. The number of amides is 2. The largest absolute Gasteiger partial charge is 0.452 e. The van der Waals surface area contributed by atoms with Crippen molar-refractivity contribution in [2.45, 2.75) is 26.4 Å². The molecule has 2 amide bonds. The second-order valence-electron chi connectivity index (χ2n) is 6.54. The molecule has 2 aromatic carbocycles. The highest BCUT2D eigenvalue weighted by molar-refractivity contribution is 6.09. The topological polar surface area (TPSA) is 91.1 Å². The number of imide groups is 1. The lowest BCUT2D eigenvalue weighted by Gasteiger charge is -2.20. The van der Waals surface area contributed by atoms with E-state index in [1.807, 2.05) is 30.3 Å². The van der Waals surface area contributed by atoms with Crippen molar-refractivity contribution < 1.29 is 28.2 Å². The standard InChI is InChI=1S/C22H24N2O6/c1-16-9-3-5-11-18(16)24(21(25)27-2)22(26)29-14-8-7-13-28-15-20-23-17-10-4-6-12-19(17)30-20/h3-6,9-12H,7-8,13-15H2,1-2H3. The number of aromatic nitrogens is 1. The summed E-state index contributed by atoms with van der Waals surface area (Å²) in [6.07, 6.45) is -0.308. The SMILES string of the molecule is COC(=O)N(C(=O)OCCCCOCc1nc2ccccc2o1)c1ccccc1C. The van der Waals surface area contributed by atoms with Gasteiger partial charge in [-0.05, 0) is 43.5 Å². The van der Waals surface area contributed by atoms with E-state index < -0.39 is 12.2 Å². The smallest absolute Gasteiger partial charge is 0.424 e. The zero-order valence-corrected chi connectivity index (χ0v) is 17.0. The van der Waals surface area contributed by atoms with Crippen molar-refractivity contribution in [2.75, 3.05) is 25.2 Å². The van der Waals surface area contributed by atoms with Gasteiger partial charge in [-0.2, -0.15) is 4.90 Å². The van der Waals surface area contributed by atoms with Crippen LogP contribution in [0, 0.1) is 6.92 Å². The molecule has 1 aromatic heterocycles. The number of carbonyl (C=O) groups is 2. The summed E-state index contributed by atoms with van der Waals surface area (Å²) in [5.74, 6) is 0.523. The number of para-hydroxylation sites is 3. The van der Waals surface area contributed by atoms with Crippen molar-refractivity contribution in [3.05, 3.63) is 60.0 Å². The van der Waals surface area contributed by atoms with Gasteiger partial charge in [-0.25, -0.2) is 14.6 Å². The fourth-order valence-electron chi connectivity index (χ4n) is 2.85. The molecule has 0 radical (unpaired) electrons. The maximum atomic E-state index is 12.4. The molecule has 1 heterocycles. The van der Waals surface area contributed by atoms with Gasteiger partial charge in [-0.15, -0.1) is 0 Å². The van der Waals surface area contributed by atoms with Crippen LogP contribution in [0.15, 0.2) is 52.9 Å². The minimum Gasteiger partial charge on any atom is -0.452 e. The molecule has 0 aliphatic rings. The quantitative estimate of drug-likeness (QED) is 0.489. The van der Waals surface area contributed by atoms with Crippen LogP contribution in [0.4, 0.5) is 15.3 Å². The van der Waals surface area contributed by atoms with Crippen molar-refractivity contribution in [3.8, 4) is 0 Å². The highest BCUT2D eigenvalue weighted by atomic mass is 16.6. The molecule has 3 aromatic rings. The number of oxazole rings is 1. The molecular formula is C22H24N2O6. The summed E-state index contributed by atoms with van der Waals surface area (Å²) in [4.78, 5) is 29.7. The van der Waals surface area contributed by atoms with Crippen molar-refractivity contribution in [1.82, 2.24) is 4.98 Å². The van der Waals surface area contributed by atoms with Crippen LogP contribution in [0.2, 0.25) is 0 Å². The molecule has 3 rings (SSSR count). The number of benzene rings is 2. The van der Waals surface area contributed by atoms with Crippen molar-refractivity contribution >= 4 is 29.0 Å². The third-order valence-corrected chi connectivity index (χ3v) is 4.37. The lowest BCUT2D eigenvalue weighted by Crippen LogP contribution is -2.38. The second-order valence-corrected chi connectivity index (χ2v) is 6.54. The van der Waals surface area contributed by atoms with Gasteiger partial charge < -0.3 is 18.6 Å². The highest BCUT2D eigenvalue weighted by Crippen LogP contribution is 2.21. The van der Waals surface area contributed by atoms with E-state index in [0.717, 1.165) is 21.6 Å². The number of fused-ring (bicyclic) bond motifs is 1. The summed E-state index contributed by atoms with van der Waals surface area (Å²) in [6.45, 7) is 2.70. The monoisotopic (exact) mass is 412 g/mol. The maximum Gasteiger partial charge on any atom is 0.424 e. The summed E-state index contributed by atoms with van der Waals surface area (Å²) in [7, 11) is 1.22. The first-order chi connectivity index (χ1) is 14.6. The third-order valence-electron chi connectivity index (χ3n) is 4.37. The summed E-state index contributed by atoms with van der Waals surface area (Å²) < 4.78 is 21.1. The molecule has 0 bridgehead atoms. The number of rotatable bonds is 8. The van der Waals surface area contributed by atoms with Gasteiger partial charge in [-0.1, -0.05) is 30.3 Å². The fraction of sp³-hybridized carbons (Fsp3) is 0.318. The molecule has 0 atom stereocenters. The number of methoxy groups -OCH3 is 1. The number of aryl methyl sites for hydroxylation is 1. The van der Waals surface area contributed by atoms with Crippen LogP contribution in [-0.2, 0) is 20.8 Å². The Kier molecular flexibility index (Phi) is 7.40. The summed E-state index contributed by atoms with van der Waals surface area (Å²) >= 11 is 0. The molecule has 0 aliphatic carbocycles. The van der Waals surface area contributed by atoms with E-state index in [9.17, 15) is 9.59 Å². The number of carbonyl (C=O) groups excluding carboxylic acids is 2. The van der Waals surface area contributed by atoms with Gasteiger partial charge in [0, 0.05) is 6.61 Å².